The maximum absolute atomic E-state index is 11.2. The Kier molecular flexibility index (Phi) is 9.82. The molecule has 0 aliphatic rings. The van der Waals surface area contributed by atoms with Gasteiger partial charge >= 0.3 is 5.20 Å². The third-order valence-corrected chi connectivity index (χ3v) is 4.27. The van der Waals surface area contributed by atoms with Gasteiger partial charge in [-0.25, -0.2) is 24.9 Å². The topological polar surface area (TPSA) is 114 Å². The second kappa shape index (κ2) is 11.5. The summed E-state index contributed by atoms with van der Waals surface area (Å²) < 4.78 is 9.51. The molecule has 4 heterocycles. The average Bonchev–Trinajstić information content (AvgIpc) is 2.63. The van der Waals surface area contributed by atoms with Gasteiger partial charge in [-0.3, -0.25) is 9.36 Å². The number of aromatic nitrogens is 6. The Labute approximate surface area is 212 Å². The third kappa shape index (κ3) is 8.31. The van der Waals surface area contributed by atoms with E-state index < -0.39 is 5.20 Å². The zero-order chi connectivity index (χ0) is 23.3. The van der Waals surface area contributed by atoms with Crippen LogP contribution in [0.1, 0.15) is 0 Å². The zero-order valence-electron chi connectivity index (χ0n) is 14.3. The summed E-state index contributed by atoms with van der Waals surface area (Å²) >= 11 is 42.5. The van der Waals surface area contributed by atoms with Gasteiger partial charge in [0.05, 0.1) is 11.7 Å². The van der Waals surface area contributed by atoms with Crippen LogP contribution < -0.4 is 5.56 Å². The van der Waals surface area contributed by atoms with Crippen LogP contribution in [0.25, 0.3) is 21.8 Å². The van der Waals surface area contributed by atoms with Crippen LogP contribution in [0.15, 0.2) is 29.6 Å². The van der Waals surface area contributed by atoms with Gasteiger partial charge in [-0.15, -0.1) is 0 Å². The molecule has 0 amide bonds. The van der Waals surface area contributed by atoms with E-state index in [0.29, 0.717) is 27.0 Å². The van der Waals surface area contributed by atoms with Crippen molar-refractivity contribution >= 4 is 119 Å². The van der Waals surface area contributed by atoms with Gasteiger partial charge in [-0.1, -0.05) is 58.0 Å². The summed E-state index contributed by atoms with van der Waals surface area (Å²) in [5.74, 6) is 0. The van der Waals surface area contributed by atoms with Crippen molar-refractivity contribution in [1.82, 2.24) is 29.9 Å². The molecule has 164 valence electrons. The number of aromatic amines is 1. The molecule has 0 aliphatic heterocycles. The molecule has 17 heteroatoms. The van der Waals surface area contributed by atoms with E-state index in [1.165, 1.54) is 18.7 Å². The Morgan fingerprint density at radius 2 is 1.23 bits per heavy atom. The maximum atomic E-state index is 11.2. The predicted octanol–water partition coefficient (Wildman–Crippen LogP) is 7.42. The molecule has 31 heavy (non-hydrogen) atoms. The smallest absolute Gasteiger partial charge is 0.313 e. The highest BCUT2D eigenvalue weighted by molar-refractivity contribution is 8.24. The Bertz CT molecular complexity index is 1340. The summed E-state index contributed by atoms with van der Waals surface area (Å²) in [5.41, 5.74) is 0.581. The minimum Gasteiger partial charge on any atom is -0.313 e. The summed E-state index contributed by atoms with van der Waals surface area (Å²) in [6.45, 7) is 0. The number of nitrogens with zero attached hydrogens (tertiary/aromatic N) is 5. The number of fused-ring (bicyclic) bond motifs is 2. The van der Waals surface area contributed by atoms with Gasteiger partial charge in [0.2, 0.25) is 0 Å². The number of rotatable bonds is 0. The van der Waals surface area contributed by atoms with Crippen molar-refractivity contribution in [3.05, 3.63) is 60.9 Å². The number of H-pyrrole nitrogens is 1. The molecular weight excluding hydrogens is 599 g/mol. The van der Waals surface area contributed by atoms with Gasteiger partial charge < -0.3 is 4.98 Å². The molecule has 8 nitrogen and oxygen atoms in total. The quantitative estimate of drug-likeness (QED) is 0.126. The van der Waals surface area contributed by atoms with E-state index in [1.807, 2.05) is 0 Å². The van der Waals surface area contributed by atoms with E-state index in [4.69, 9.17) is 58.0 Å². The minimum atomic E-state index is -3.22. The highest BCUT2D eigenvalue weighted by Gasteiger charge is 2.08. The first-order chi connectivity index (χ1) is 14.4. The van der Waals surface area contributed by atoms with Crippen molar-refractivity contribution in [1.29, 1.82) is 0 Å². The van der Waals surface area contributed by atoms with Crippen molar-refractivity contribution in [3.63, 3.8) is 0 Å². The van der Waals surface area contributed by atoms with Gasteiger partial charge in [0, 0.05) is 5.39 Å². The second-order valence-corrected chi connectivity index (χ2v) is 13.5. The van der Waals surface area contributed by atoms with Crippen LogP contribution in [0.5, 0.6) is 0 Å². The molecule has 0 atom stereocenters. The predicted molar refractivity (Wildman–Crippen MR) is 128 cm³/mol. The van der Waals surface area contributed by atoms with Crippen molar-refractivity contribution < 1.29 is 4.57 Å². The van der Waals surface area contributed by atoms with E-state index in [1.54, 1.807) is 6.07 Å². The number of hydrogen-bond acceptors (Lipinski definition) is 7. The molecule has 0 spiro atoms. The number of halogens is 8. The molecule has 0 fully saturated rings. The van der Waals surface area contributed by atoms with Crippen LogP contribution in [0, 0.1) is 0 Å². The fourth-order valence-electron chi connectivity index (χ4n) is 1.97. The molecular formula is C14H5Cl8N6O2P. The van der Waals surface area contributed by atoms with Crippen molar-refractivity contribution in [2.24, 2.45) is 0 Å². The largest absolute Gasteiger partial charge is 0.339 e. The Morgan fingerprint density at radius 1 is 0.742 bits per heavy atom. The summed E-state index contributed by atoms with van der Waals surface area (Å²) in [7, 11) is 0. The van der Waals surface area contributed by atoms with Crippen LogP contribution in [-0.2, 0) is 4.57 Å². The number of pyridine rings is 2. The van der Waals surface area contributed by atoms with Gasteiger partial charge in [-0.05, 0) is 45.9 Å². The van der Waals surface area contributed by atoms with Crippen LogP contribution in [0.2, 0.25) is 25.8 Å². The molecule has 4 aromatic heterocycles. The fraction of sp³-hybridized carbons (Fsp3) is 0. The first kappa shape index (κ1) is 26.6. The van der Waals surface area contributed by atoms with E-state index in [9.17, 15) is 9.36 Å². The van der Waals surface area contributed by atoms with E-state index in [2.05, 4.69) is 63.6 Å². The lowest BCUT2D eigenvalue weighted by Crippen LogP contribution is -2.06. The molecule has 0 aliphatic carbocycles. The van der Waals surface area contributed by atoms with Crippen molar-refractivity contribution in [2.45, 2.75) is 0 Å². The lowest BCUT2D eigenvalue weighted by molar-refractivity contribution is 0.600. The van der Waals surface area contributed by atoms with Crippen molar-refractivity contribution in [3.8, 4) is 0 Å². The Balaban J connectivity index is 0.000000182. The monoisotopic (exact) mass is 600 g/mol. The molecule has 1 N–H and O–H groups in total. The van der Waals surface area contributed by atoms with Gasteiger partial charge in [-0.2, -0.15) is 0 Å². The number of hydrogen-bond donors (Lipinski definition) is 1. The van der Waals surface area contributed by atoms with E-state index in [-0.39, 0.29) is 26.2 Å². The molecule has 0 saturated heterocycles. The standard InChI is InChI=1S/C7H2Cl3N3.C7H3Cl2N3O.Cl3OP/c8-4-1-3-5(7(10)13-4)11-2-12-6(3)9;8-4-1-3-5(6(9)12-4)10-2-11-7(3)13;1-5(2,3)4/h1-2H;1-2H,(H,10,11,13);. The van der Waals surface area contributed by atoms with E-state index >= 15 is 0 Å². The zero-order valence-corrected chi connectivity index (χ0v) is 21.3. The molecule has 0 aromatic carbocycles. The molecule has 0 bridgehead atoms. The fourth-order valence-corrected chi connectivity index (χ4v) is 3.12. The maximum Gasteiger partial charge on any atom is 0.339 e. The molecule has 4 aromatic rings. The summed E-state index contributed by atoms with van der Waals surface area (Å²) in [4.78, 5) is 32.8. The first-order valence-corrected chi connectivity index (χ1v) is 13.7. The second-order valence-electron chi connectivity index (χ2n) is 5.06. The summed E-state index contributed by atoms with van der Waals surface area (Å²) in [6, 6.07) is 3.00. The average molecular weight is 604 g/mol. The Hall–Kier alpha value is -0.670. The normalized spacial score (nSPS) is 10.8. The van der Waals surface area contributed by atoms with Crippen LogP contribution in [-0.4, -0.2) is 29.9 Å². The minimum absolute atomic E-state index is 0.133. The van der Waals surface area contributed by atoms with Crippen LogP contribution in [0.4, 0.5) is 0 Å². The first-order valence-electron chi connectivity index (χ1n) is 7.37. The SMILES string of the molecule is Clc1cc2c(Cl)ncnc2c(Cl)n1.O=P(Cl)(Cl)Cl.O=c1[nH]cnc2c(Cl)nc(Cl)cc12. The number of nitrogens with one attached hydrogen (secondary N) is 1. The molecule has 0 unspecified atom stereocenters. The van der Waals surface area contributed by atoms with Gasteiger partial charge in [0.15, 0.2) is 10.3 Å². The summed E-state index contributed by atoms with van der Waals surface area (Å²) in [6.07, 6.45) is 2.60. The van der Waals surface area contributed by atoms with E-state index in [0.717, 1.165) is 0 Å². The summed E-state index contributed by atoms with van der Waals surface area (Å²) in [5, 5.41) is -1.15. The Morgan fingerprint density at radius 3 is 1.77 bits per heavy atom. The molecule has 0 radical (unpaired) electrons. The van der Waals surface area contributed by atoms with Crippen LogP contribution >= 0.6 is 96.9 Å². The molecule has 4 rings (SSSR count). The lowest BCUT2D eigenvalue weighted by Gasteiger charge is -2.00. The third-order valence-electron chi connectivity index (χ3n) is 3.05. The highest BCUT2D eigenvalue weighted by atomic mass is 36.0. The van der Waals surface area contributed by atoms with Gasteiger partial charge in [0.1, 0.15) is 32.8 Å². The van der Waals surface area contributed by atoms with Crippen molar-refractivity contribution in [2.75, 3.05) is 0 Å². The molecule has 0 saturated carbocycles. The lowest BCUT2D eigenvalue weighted by atomic mass is 10.3. The highest BCUT2D eigenvalue weighted by Crippen LogP contribution is 2.61. The van der Waals surface area contributed by atoms with Crippen LogP contribution in [0.3, 0.4) is 0 Å². The van der Waals surface area contributed by atoms with Gasteiger partial charge in [0.25, 0.3) is 5.56 Å².